The fraction of sp³-hybridized carbons (Fsp3) is 0.417. The highest BCUT2D eigenvalue weighted by molar-refractivity contribution is 5.73. The van der Waals surface area contributed by atoms with Gasteiger partial charge < -0.3 is 9.84 Å². The van der Waals surface area contributed by atoms with Gasteiger partial charge in [-0.2, -0.15) is 0 Å². The van der Waals surface area contributed by atoms with Gasteiger partial charge in [-0.15, -0.1) is 0 Å². The molecule has 0 radical (unpaired) electrons. The molecule has 0 aliphatic carbocycles. The normalized spacial score (nSPS) is 12.5. The first-order valence-corrected chi connectivity index (χ1v) is 5.06. The quantitative estimate of drug-likeness (QED) is 0.816. The maximum Gasteiger partial charge on any atom is 0.321 e. The van der Waals surface area contributed by atoms with E-state index in [9.17, 15) is 4.79 Å². The summed E-state index contributed by atoms with van der Waals surface area (Å²) in [7, 11) is 5.12. The number of nitrogens with zero attached hydrogens (tertiary/aromatic N) is 1. The summed E-state index contributed by atoms with van der Waals surface area (Å²) in [6.07, 6.45) is 0.472. The van der Waals surface area contributed by atoms with Crippen LogP contribution in [0.3, 0.4) is 0 Å². The van der Waals surface area contributed by atoms with E-state index >= 15 is 0 Å². The van der Waals surface area contributed by atoms with Crippen molar-refractivity contribution in [3.8, 4) is 5.75 Å². The summed E-state index contributed by atoms with van der Waals surface area (Å²) >= 11 is 0. The molecular weight excluding hydrogens is 206 g/mol. The Balaban J connectivity index is 2.81. The van der Waals surface area contributed by atoms with Crippen LogP contribution in [0.1, 0.15) is 5.56 Å². The van der Waals surface area contributed by atoms with Crippen LogP contribution in [0.5, 0.6) is 5.75 Å². The van der Waals surface area contributed by atoms with Crippen LogP contribution in [0.25, 0.3) is 0 Å². The van der Waals surface area contributed by atoms with Gasteiger partial charge in [-0.1, -0.05) is 12.1 Å². The Morgan fingerprint density at radius 3 is 2.69 bits per heavy atom. The summed E-state index contributed by atoms with van der Waals surface area (Å²) in [5, 5.41) is 9.06. The summed E-state index contributed by atoms with van der Waals surface area (Å²) in [4.78, 5) is 12.7. The van der Waals surface area contributed by atoms with Gasteiger partial charge in [0.1, 0.15) is 11.8 Å². The van der Waals surface area contributed by atoms with E-state index in [1.165, 1.54) is 0 Å². The third-order valence-electron chi connectivity index (χ3n) is 2.47. The Morgan fingerprint density at radius 1 is 1.50 bits per heavy atom. The fourth-order valence-electron chi connectivity index (χ4n) is 1.51. The van der Waals surface area contributed by atoms with E-state index < -0.39 is 12.0 Å². The maximum atomic E-state index is 11.0. The second-order valence-electron chi connectivity index (χ2n) is 3.87. The average Bonchev–Trinajstić information content (AvgIpc) is 2.25. The van der Waals surface area contributed by atoms with Gasteiger partial charge in [-0.25, -0.2) is 0 Å². The number of aliphatic carboxylic acids is 1. The Bertz CT molecular complexity index is 363. The molecule has 1 rings (SSSR count). The Morgan fingerprint density at radius 2 is 2.19 bits per heavy atom. The molecule has 0 fully saturated rings. The molecule has 0 heterocycles. The van der Waals surface area contributed by atoms with Crippen molar-refractivity contribution >= 4 is 5.97 Å². The predicted octanol–water partition coefficient (Wildman–Crippen LogP) is 1.25. The molecule has 4 nitrogen and oxygen atoms in total. The van der Waals surface area contributed by atoms with Crippen LogP contribution in [0.2, 0.25) is 0 Å². The lowest BCUT2D eigenvalue weighted by Crippen LogP contribution is -2.37. The van der Waals surface area contributed by atoms with E-state index in [1.54, 1.807) is 26.1 Å². The minimum atomic E-state index is -0.812. The number of benzene rings is 1. The maximum absolute atomic E-state index is 11.0. The second kappa shape index (κ2) is 5.51. The standard InChI is InChI=1S/C12H17NO3/c1-13(2)11(12(14)15)8-9-5-4-6-10(7-9)16-3/h4-7,11H,8H2,1-3H3,(H,14,15)/t11-/m1/s1. The molecule has 1 atom stereocenters. The average molecular weight is 223 g/mol. The molecular formula is C12H17NO3. The first-order chi connectivity index (χ1) is 7.54. The number of carbonyl (C=O) groups is 1. The largest absolute Gasteiger partial charge is 0.497 e. The number of likely N-dealkylation sites (N-methyl/N-ethyl adjacent to an activating group) is 1. The highest BCUT2D eigenvalue weighted by atomic mass is 16.5. The van der Waals surface area contributed by atoms with Crippen LogP contribution in [0.4, 0.5) is 0 Å². The van der Waals surface area contributed by atoms with E-state index in [0.29, 0.717) is 6.42 Å². The summed E-state index contributed by atoms with van der Waals surface area (Å²) in [5.41, 5.74) is 0.959. The zero-order valence-electron chi connectivity index (χ0n) is 9.80. The molecule has 1 aromatic carbocycles. The van der Waals surface area contributed by atoms with E-state index in [0.717, 1.165) is 11.3 Å². The third-order valence-corrected chi connectivity index (χ3v) is 2.47. The molecule has 0 spiro atoms. The van der Waals surface area contributed by atoms with Gasteiger partial charge in [0.05, 0.1) is 7.11 Å². The summed E-state index contributed by atoms with van der Waals surface area (Å²) in [6, 6.07) is 6.96. The van der Waals surface area contributed by atoms with Crippen LogP contribution in [0.15, 0.2) is 24.3 Å². The zero-order valence-corrected chi connectivity index (χ0v) is 9.80. The van der Waals surface area contributed by atoms with Crippen molar-refractivity contribution in [3.05, 3.63) is 29.8 Å². The number of hydrogen-bond donors (Lipinski definition) is 1. The van der Waals surface area contributed by atoms with Gasteiger partial charge in [0.15, 0.2) is 0 Å². The molecule has 4 heteroatoms. The highest BCUT2D eigenvalue weighted by Gasteiger charge is 2.20. The van der Waals surface area contributed by atoms with Crippen molar-refractivity contribution in [3.63, 3.8) is 0 Å². The van der Waals surface area contributed by atoms with Crippen LogP contribution in [0, 0.1) is 0 Å². The first-order valence-electron chi connectivity index (χ1n) is 5.06. The summed E-state index contributed by atoms with van der Waals surface area (Å²) < 4.78 is 5.10. The lowest BCUT2D eigenvalue weighted by Gasteiger charge is -2.20. The summed E-state index contributed by atoms with van der Waals surface area (Å²) in [6.45, 7) is 0. The number of ether oxygens (including phenoxy) is 1. The van der Waals surface area contributed by atoms with Gasteiger partial charge in [-0.3, -0.25) is 9.69 Å². The van der Waals surface area contributed by atoms with Crippen molar-refractivity contribution in [2.75, 3.05) is 21.2 Å². The number of rotatable bonds is 5. The Labute approximate surface area is 95.5 Å². The van der Waals surface area contributed by atoms with Gasteiger partial charge in [0, 0.05) is 0 Å². The lowest BCUT2D eigenvalue weighted by molar-refractivity contribution is -0.142. The zero-order chi connectivity index (χ0) is 12.1. The van der Waals surface area contributed by atoms with Gasteiger partial charge in [-0.05, 0) is 38.2 Å². The topological polar surface area (TPSA) is 49.8 Å². The van der Waals surface area contributed by atoms with E-state index in [1.807, 2.05) is 24.3 Å². The molecule has 0 saturated carbocycles. The van der Waals surface area contributed by atoms with E-state index in [2.05, 4.69) is 0 Å². The predicted molar refractivity (Wildman–Crippen MR) is 61.8 cm³/mol. The van der Waals surface area contributed by atoms with Crippen LogP contribution < -0.4 is 4.74 Å². The molecule has 0 aliphatic heterocycles. The minimum Gasteiger partial charge on any atom is -0.497 e. The molecule has 0 bridgehead atoms. The van der Waals surface area contributed by atoms with Gasteiger partial charge in [0.25, 0.3) is 0 Å². The van der Waals surface area contributed by atoms with Gasteiger partial charge >= 0.3 is 5.97 Å². The first kappa shape index (κ1) is 12.5. The molecule has 0 saturated heterocycles. The highest BCUT2D eigenvalue weighted by Crippen LogP contribution is 2.15. The number of hydrogen-bond acceptors (Lipinski definition) is 3. The second-order valence-corrected chi connectivity index (χ2v) is 3.87. The smallest absolute Gasteiger partial charge is 0.321 e. The van der Waals surface area contributed by atoms with Crippen LogP contribution in [-0.2, 0) is 11.2 Å². The number of carboxylic acids is 1. The SMILES string of the molecule is COc1cccc(C[C@H](C(=O)O)N(C)C)c1. The van der Waals surface area contributed by atoms with E-state index in [4.69, 9.17) is 9.84 Å². The van der Waals surface area contributed by atoms with Crippen molar-refractivity contribution in [2.45, 2.75) is 12.5 Å². The molecule has 1 aromatic rings. The van der Waals surface area contributed by atoms with Crippen molar-refractivity contribution in [2.24, 2.45) is 0 Å². The molecule has 0 amide bonds. The molecule has 88 valence electrons. The number of methoxy groups -OCH3 is 1. The Kier molecular flexibility index (Phi) is 4.31. The minimum absolute atomic E-state index is 0.472. The van der Waals surface area contributed by atoms with E-state index in [-0.39, 0.29) is 0 Å². The number of carboxylic acid groups (broad SMARTS) is 1. The molecule has 1 N–H and O–H groups in total. The van der Waals surface area contributed by atoms with Crippen molar-refractivity contribution in [1.29, 1.82) is 0 Å². The van der Waals surface area contributed by atoms with Crippen LogP contribution >= 0.6 is 0 Å². The van der Waals surface area contributed by atoms with Crippen molar-refractivity contribution < 1.29 is 14.6 Å². The fourth-order valence-corrected chi connectivity index (χ4v) is 1.51. The van der Waals surface area contributed by atoms with Crippen LogP contribution in [-0.4, -0.2) is 43.2 Å². The Hall–Kier alpha value is -1.55. The lowest BCUT2D eigenvalue weighted by atomic mass is 10.1. The summed E-state index contributed by atoms with van der Waals surface area (Å²) in [5.74, 6) is -0.0618. The third kappa shape index (κ3) is 3.24. The molecule has 0 aliphatic rings. The molecule has 16 heavy (non-hydrogen) atoms. The van der Waals surface area contributed by atoms with Gasteiger partial charge in [0.2, 0.25) is 0 Å². The molecule has 0 unspecified atom stereocenters. The van der Waals surface area contributed by atoms with Crippen molar-refractivity contribution in [1.82, 2.24) is 4.90 Å². The monoisotopic (exact) mass is 223 g/mol. The molecule has 0 aromatic heterocycles.